The van der Waals surface area contributed by atoms with Gasteiger partial charge < -0.3 is 19.6 Å². The Morgan fingerprint density at radius 2 is 2.24 bits per heavy atom. The molecule has 21 heavy (non-hydrogen) atoms. The third kappa shape index (κ3) is 3.51. The van der Waals surface area contributed by atoms with Crippen LogP contribution < -0.4 is 5.32 Å². The van der Waals surface area contributed by atoms with Crippen LogP contribution in [0.1, 0.15) is 27.8 Å². The number of carbonyl (C=O) groups excluding carboxylic acids is 1. The van der Waals surface area contributed by atoms with E-state index in [1.807, 2.05) is 0 Å². The summed E-state index contributed by atoms with van der Waals surface area (Å²) in [4.78, 5) is 26.1. The molecule has 0 fully saturated rings. The average molecular weight is 311 g/mol. The summed E-state index contributed by atoms with van der Waals surface area (Å²) in [6, 6.07) is 4.19. The number of halogens is 1. The number of nitrogens with zero attached hydrogens (tertiary/aromatic N) is 1. The summed E-state index contributed by atoms with van der Waals surface area (Å²) in [5, 5.41) is 11.8. The number of carboxylic acid groups (broad SMARTS) is 1. The number of hydrogen-bond donors (Lipinski definition) is 2. The van der Waals surface area contributed by atoms with Crippen LogP contribution >= 0.6 is 11.6 Å². The van der Waals surface area contributed by atoms with Crippen LogP contribution in [0.2, 0.25) is 5.02 Å². The Morgan fingerprint density at radius 3 is 2.86 bits per heavy atom. The largest absolute Gasteiger partial charge is 0.478 e. The fraction of sp³-hybridized carbons (Fsp3) is 0.154. The summed E-state index contributed by atoms with van der Waals surface area (Å²) in [5.41, 5.74) is 0.488. The van der Waals surface area contributed by atoms with Crippen molar-refractivity contribution in [2.24, 2.45) is 0 Å². The first-order chi connectivity index (χ1) is 10.0. The number of benzene rings is 1. The summed E-state index contributed by atoms with van der Waals surface area (Å²) in [6.07, 6.45) is 1.15. The summed E-state index contributed by atoms with van der Waals surface area (Å²) in [6.45, 7) is 1.91. The van der Waals surface area contributed by atoms with E-state index in [9.17, 15) is 9.59 Å². The standard InChI is InChI=1S/C13H11ClN2O5/c1-2-20-12(19)10-6-21-13(16-10)15-9-4-3-7(11(17)18)5-8(9)14/h3-6H,2H2,1H3,(H,15,16)(H,17,18). The molecule has 0 saturated carbocycles. The highest BCUT2D eigenvalue weighted by Gasteiger charge is 2.14. The minimum absolute atomic E-state index is 0.0256. The Hall–Kier alpha value is -2.54. The SMILES string of the molecule is CCOC(=O)c1coc(Nc2ccc(C(=O)O)cc2Cl)n1. The second kappa shape index (κ2) is 6.27. The quantitative estimate of drug-likeness (QED) is 0.818. The maximum atomic E-state index is 11.4. The first kappa shape index (κ1) is 14.9. The highest BCUT2D eigenvalue weighted by molar-refractivity contribution is 6.33. The molecule has 110 valence electrons. The van der Waals surface area contributed by atoms with Gasteiger partial charge in [0.1, 0.15) is 6.26 Å². The van der Waals surface area contributed by atoms with Gasteiger partial charge in [-0.1, -0.05) is 11.6 Å². The van der Waals surface area contributed by atoms with Crippen LogP contribution in [0.15, 0.2) is 28.9 Å². The Balaban J connectivity index is 2.15. The van der Waals surface area contributed by atoms with Crippen molar-refractivity contribution in [3.8, 4) is 0 Å². The van der Waals surface area contributed by atoms with Crippen LogP contribution in [0.4, 0.5) is 11.7 Å². The molecular formula is C13H11ClN2O5. The average Bonchev–Trinajstić information content (AvgIpc) is 2.90. The fourth-order valence-electron chi connectivity index (χ4n) is 1.49. The maximum Gasteiger partial charge on any atom is 0.360 e. The van der Waals surface area contributed by atoms with E-state index in [4.69, 9.17) is 25.9 Å². The number of oxazole rings is 1. The highest BCUT2D eigenvalue weighted by atomic mass is 35.5. The molecular weight excluding hydrogens is 300 g/mol. The van der Waals surface area contributed by atoms with Crippen molar-refractivity contribution < 1.29 is 23.8 Å². The van der Waals surface area contributed by atoms with E-state index in [1.165, 1.54) is 18.2 Å². The molecule has 0 aliphatic rings. The van der Waals surface area contributed by atoms with Gasteiger partial charge in [0.2, 0.25) is 0 Å². The first-order valence-corrected chi connectivity index (χ1v) is 6.31. The molecule has 2 aromatic rings. The maximum absolute atomic E-state index is 11.4. The van der Waals surface area contributed by atoms with Crippen LogP contribution in [-0.2, 0) is 4.74 Å². The van der Waals surface area contributed by atoms with Crippen molar-refractivity contribution in [3.63, 3.8) is 0 Å². The zero-order valence-corrected chi connectivity index (χ0v) is 11.7. The van der Waals surface area contributed by atoms with Crippen molar-refractivity contribution in [1.29, 1.82) is 0 Å². The number of esters is 1. The van der Waals surface area contributed by atoms with Crippen LogP contribution in [0.5, 0.6) is 0 Å². The Morgan fingerprint density at radius 1 is 1.48 bits per heavy atom. The number of carboxylic acids is 1. The Bertz CT molecular complexity index is 683. The van der Waals surface area contributed by atoms with Gasteiger partial charge in [-0.3, -0.25) is 0 Å². The molecule has 0 aliphatic carbocycles. The molecule has 1 heterocycles. The van der Waals surface area contributed by atoms with Crippen LogP contribution in [0.3, 0.4) is 0 Å². The first-order valence-electron chi connectivity index (χ1n) is 5.93. The molecule has 0 spiro atoms. The number of aromatic carboxylic acids is 1. The van der Waals surface area contributed by atoms with E-state index in [0.717, 1.165) is 6.26 Å². The second-order valence-corrected chi connectivity index (χ2v) is 4.29. The number of ether oxygens (including phenoxy) is 1. The van der Waals surface area contributed by atoms with Gasteiger partial charge in [-0.2, -0.15) is 4.98 Å². The third-order valence-electron chi connectivity index (χ3n) is 2.45. The lowest BCUT2D eigenvalue weighted by Crippen LogP contribution is -2.05. The van der Waals surface area contributed by atoms with Crippen molar-refractivity contribution >= 4 is 35.2 Å². The van der Waals surface area contributed by atoms with Gasteiger partial charge in [0.25, 0.3) is 6.01 Å². The van der Waals surface area contributed by atoms with E-state index in [2.05, 4.69) is 10.3 Å². The smallest absolute Gasteiger partial charge is 0.360 e. The van der Waals surface area contributed by atoms with Gasteiger partial charge in [-0.25, -0.2) is 9.59 Å². The molecule has 2 rings (SSSR count). The molecule has 0 atom stereocenters. The summed E-state index contributed by atoms with van der Waals surface area (Å²) in [7, 11) is 0. The van der Waals surface area contributed by atoms with Crippen LogP contribution in [-0.4, -0.2) is 28.6 Å². The highest BCUT2D eigenvalue weighted by Crippen LogP contribution is 2.26. The van der Waals surface area contributed by atoms with E-state index in [1.54, 1.807) is 6.92 Å². The topological polar surface area (TPSA) is 102 Å². The predicted molar refractivity (Wildman–Crippen MR) is 74.2 cm³/mol. The Kier molecular flexibility index (Phi) is 4.44. The Labute approximate surface area is 124 Å². The van der Waals surface area contributed by atoms with E-state index >= 15 is 0 Å². The van der Waals surface area contributed by atoms with Crippen LogP contribution in [0.25, 0.3) is 0 Å². The van der Waals surface area contributed by atoms with E-state index in [-0.39, 0.29) is 28.9 Å². The van der Waals surface area contributed by atoms with Gasteiger partial charge in [0, 0.05) is 0 Å². The van der Waals surface area contributed by atoms with E-state index < -0.39 is 11.9 Å². The van der Waals surface area contributed by atoms with Gasteiger partial charge >= 0.3 is 11.9 Å². The van der Waals surface area contributed by atoms with Crippen LogP contribution in [0, 0.1) is 0 Å². The number of hydrogen-bond acceptors (Lipinski definition) is 6. The molecule has 2 N–H and O–H groups in total. The molecule has 8 heteroatoms. The molecule has 0 saturated heterocycles. The normalized spacial score (nSPS) is 10.2. The zero-order chi connectivity index (χ0) is 15.4. The number of anilines is 2. The van der Waals surface area contributed by atoms with Gasteiger partial charge in [0.15, 0.2) is 5.69 Å². The van der Waals surface area contributed by atoms with Gasteiger partial charge in [-0.15, -0.1) is 0 Å². The number of rotatable bonds is 5. The van der Waals surface area contributed by atoms with Gasteiger partial charge in [0.05, 0.1) is 22.9 Å². The number of nitrogens with one attached hydrogen (secondary N) is 1. The van der Waals surface area contributed by atoms with Gasteiger partial charge in [-0.05, 0) is 25.1 Å². The minimum Gasteiger partial charge on any atom is -0.478 e. The van der Waals surface area contributed by atoms with Crippen molar-refractivity contribution in [2.45, 2.75) is 6.92 Å². The number of aromatic nitrogens is 1. The lowest BCUT2D eigenvalue weighted by Gasteiger charge is -2.05. The zero-order valence-electron chi connectivity index (χ0n) is 10.9. The fourth-order valence-corrected chi connectivity index (χ4v) is 1.72. The predicted octanol–water partition coefficient (Wildman–Crippen LogP) is 2.95. The summed E-state index contributed by atoms with van der Waals surface area (Å²) in [5.74, 6) is -1.68. The lowest BCUT2D eigenvalue weighted by atomic mass is 10.2. The number of carbonyl (C=O) groups is 2. The van der Waals surface area contributed by atoms with Crippen molar-refractivity contribution in [1.82, 2.24) is 4.98 Å². The lowest BCUT2D eigenvalue weighted by molar-refractivity contribution is 0.0519. The van der Waals surface area contributed by atoms with Crippen molar-refractivity contribution in [2.75, 3.05) is 11.9 Å². The molecule has 0 aliphatic heterocycles. The molecule has 0 unspecified atom stereocenters. The monoisotopic (exact) mass is 310 g/mol. The molecule has 0 radical (unpaired) electrons. The summed E-state index contributed by atoms with van der Waals surface area (Å²) >= 11 is 5.96. The van der Waals surface area contributed by atoms with Crippen molar-refractivity contribution in [3.05, 3.63) is 40.7 Å². The second-order valence-electron chi connectivity index (χ2n) is 3.88. The molecule has 1 aromatic heterocycles. The molecule has 0 bridgehead atoms. The minimum atomic E-state index is -1.08. The molecule has 7 nitrogen and oxygen atoms in total. The summed E-state index contributed by atoms with van der Waals surface area (Å²) < 4.78 is 9.85. The molecule has 0 amide bonds. The van der Waals surface area contributed by atoms with E-state index in [0.29, 0.717) is 5.69 Å². The molecule has 1 aromatic carbocycles. The third-order valence-corrected chi connectivity index (χ3v) is 2.76.